The SMILES string of the molecule is CC[C@H](CCCN=C(N)N)C(=O)N[C@H](CCCN=C(N)N)C(=O)C[C@H](CCCN=C(N)N)C(=O)N[C@H](CCCN=C(N)N)C(=O)C[C@H](CCCN=C(N)N)C(=O)N[C@H](CCCN=C(N)N)C(=O)C[C@H](CCCN=C(N)N)C(=O)N[C@H](CCCN=C(N)N)C(=O)C[C@H](CS)C(=O)NCCOCCOCCCC(N)=O. The van der Waals surface area contributed by atoms with Crippen molar-refractivity contribution < 1.29 is 57.4 Å². The molecule has 43 heteroatoms. The first kappa shape index (κ1) is 97.9. The van der Waals surface area contributed by atoms with Crippen molar-refractivity contribution in [2.75, 3.05) is 91.1 Å². The van der Waals surface area contributed by atoms with Crippen molar-refractivity contribution >= 4 is 119 Å². The molecule has 42 nitrogen and oxygen atoms in total. The van der Waals surface area contributed by atoms with Gasteiger partial charge in [-0.1, -0.05) is 6.92 Å². The van der Waals surface area contributed by atoms with Gasteiger partial charge >= 0.3 is 0 Å². The Morgan fingerprint density at radius 2 is 0.546 bits per heavy atom. The Balaban J connectivity index is 7.64. The van der Waals surface area contributed by atoms with Gasteiger partial charge in [0, 0.05) is 127 Å². The molecular weight excluding hydrogens is 1420 g/mol. The van der Waals surface area contributed by atoms with Gasteiger partial charge < -0.3 is 134 Å². The summed E-state index contributed by atoms with van der Waals surface area (Å²) in [6.07, 6.45) is 0.830. The number of aliphatic imine (C=N–C) groups is 8. The van der Waals surface area contributed by atoms with Crippen LogP contribution in [0.5, 0.6) is 0 Å². The molecular formula is C65H126N30O12S. The summed E-state index contributed by atoms with van der Waals surface area (Å²) in [5.74, 6) is -13.0. The molecule has 0 unspecified atom stereocenters. The summed E-state index contributed by atoms with van der Waals surface area (Å²) in [6, 6.07) is -5.11. The molecule has 0 spiro atoms. The Bertz CT molecular complexity index is 2990. The summed E-state index contributed by atoms with van der Waals surface area (Å²) in [6.45, 7) is 3.23. The summed E-state index contributed by atoms with van der Waals surface area (Å²) in [5, 5.41) is 14.0. The fraction of sp³-hybridized carbons (Fsp3) is 0.723. The molecule has 614 valence electrons. The number of ketones is 4. The molecule has 9 atom stereocenters. The van der Waals surface area contributed by atoms with E-state index in [4.69, 9.17) is 107 Å². The van der Waals surface area contributed by atoms with E-state index in [1.54, 1.807) is 0 Å². The Labute approximate surface area is 637 Å². The lowest BCUT2D eigenvalue weighted by Gasteiger charge is -2.27. The van der Waals surface area contributed by atoms with E-state index in [1.165, 1.54) is 0 Å². The maximum absolute atomic E-state index is 15.0. The van der Waals surface area contributed by atoms with Crippen LogP contribution in [0, 0.1) is 29.6 Å². The summed E-state index contributed by atoms with van der Waals surface area (Å²) in [4.78, 5) is 174. The van der Waals surface area contributed by atoms with Crippen LogP contribution in [0.4, 0.5) is 0 Å². The minimum atomic E-state index is -1.38. The van der Waals surface area contributed by atoms with Crippen LogP contribution >= 0.6 is 12.6 Å². The number of hydrogen-bond donors (Lipinski definition) is 23. The van der Waals surface area contributed by atoms with Crippen molar-refractivity contribution in [3.05, 3.63) is 0 Å². The van der Waals surface area contributed by atoms with E-state index in [0.717, 1.165) is 0 Å². The van der Waals surface area contributed by atoms with Crippen LogP contribution in [-0.4, -0.2) is 222 Å². The number of hydrogen-bond acceptors (Lipinski definition) is 21. The van der Waals surface area contributed by atoms with Crippen LogP contribution < -0.4 is 124 Å². The van der Waals surface area contributed by atoms with E-state index >= 15 is 9.59 Å². The fourth-order valence-electron chi connectivity index (χ4n) is 11.0. The largest absolute Gasteiger partial charge is 0.379 e. The van der Waals surface area contributed by atoms with E-state index in [-0.39, 0.29) is 235 Å². The van der Waals surface area contributed by atoms with Crippen LogP contribution in [-0.2, 0) is 57.4 Å². The van der Waals surface area contributed by atoms with Gasteiger partial charge in [0.05, 0.1) is 49.9 Å². The predicted octanol–water partition coefficient (Wildman–Crippen LogP) is -6.97. The van der Waals surface area contributed by atoms with Gasteiger partial charge in [0.25, 0.3) is 0 Å². The van der Waals surface area contributed by atoms with E-state index in [2.05, 4.69) is 79.2 Å². The van der Waals surface area contributed by atoms with Crippen LogP contribution in [0.25, 0.3) is 0 Å². The van der Waals surface area contributed by atoms with E-state index < -0.39 is 132 Å². The molecule has 0 aromatic carbocycles. The van der Waals surface area contributed by atoms with Gasteiger partial charge in [-0.25, -0.2) is 0 Å². The lowest BCUT2D eigenvalue weighted by atomic mass is 9.88. The summed E-state index contributed by atoms with van der Waals surface area (Å²) >= 11 is 4.36. The highest BCUT2D eigenvalue weighted by Gasteiger charge is 2.36. The molecule has 0 fully saturated rings. The molecule has 108 heavy (non-hydrogen) atoms. The summed E-state index contributed by atoms with van der Waals surface area (Å²) in [7, 11) is 0. The number of primary amides is 1. The fourth-order valence-corrected chi connectivity index (χ4v) is 11.2. The van der Waals surface area contributed by atoms with Crippen LogP contribution in [0.2, 0.25) is 0 Å². The first-order valence-electron chi connectivity index (χ1n) is 36.3. The molecule has 0 aromatic rings. The Morgan fingerprint density at radius 3 is 0.796 bits per heavy atom. The molecule has 0 aliphatic rings. The smallest absolute Gasteiger partial charge is 0.224 e. The first-order valence-corrected chi connectivity index (χ1v) is 36.9. The van der Waals surface area contributed by atoms with Crippen LogP contribution in [0.1, 0.15) is 155 Å². The quantitative estimate of drug-likeness (QED) is 0.0116. The van der Waals surface area contributed by atoms with Crippen LogP contribution in [0.3, 0.4) is 0 Å². The third-order valence-corrected chi connectivity index (χ3v) is 17.0. The zero-order valence-corrected chi connectivity index (χ0v) is 63.5. The first-order chi connectivity index (χ1) is 51.2. The Morgan fingerprint density at radius 1 is 0.306 bits per heavy atom. The highest BCUT2D eigenvalue weighted by Crippen LogP contribution is 2.23. The average Bonchev–Trinajstić information content (AvgIpc) is 0.862. The number of rotatable bonds is 65. The highest BCUT2D eigenvalue weighted by atomic mass is 32.1. The number of thiol groups is 1. The number of nitrogens with zero attached hydrogens (tertiary/aromatic N) is 8. The van der Waals surface area contributed by atoms with Crippen molar-refractivity contribution in [2.45, 2.75) is 179 Å². The van der Waals surface area contributed by atoms with Gasteiger partial charge in [0.1, 0.15) is 0 Å². The molecule has 0 radical (unpaired) electrons. The molecule has 0 aliphatic carbocycles. The number of carbonyl (C=O) groups excluding carboxylic acids is 10. The van der Waals surface area contributed by atoms with E-state index in [9.17, 15) is 38.4 Å². The molecule has 0 heterocycles. The van der Waals surface area contributed by atoms with Crippen molar-refractivity contribution in [2.24, 2.45) is 167 Å². The molecule has 39 N–H and O–H groups in total. The predicted molar refractivity (Wildman–Crippen MR) is 420 cm³/mol. The molecule has 0 saturated carbocycles. The monoisotopic (exact) mass is 1550 g/mol. The average molecular weight is 1550 g/mol. The van der Waals surface area contributed by atoms with Crippen molar-refractivity contribution in [1.82, 2.24) is 26.6 Å². The van der Waals surface area contributed by atoms with Crippen molar-refractivity contribution in [1.29, 1.82) is 0 Å². The number of ether oxygens (including phenoxy) is 2. The maximum atomic E-state index is 15.0. The Kier molecular flexibility index (Phi) is 53.5. The minimum absolute atomic E-state index is 0.00138. The molecule has 0 aromatic heterocycles. The number of nitrogens with one attached hydrogen (secondary N) is 5. The maximum Gasteiger partial charge on any atom is 0.224 e. The topological polar surface area (TPSA) is 791 Å². The standard InChI is InChI=1S/C65H126N30O12S/c1-2-39(12-3-21-84-58(67)68)54(102)92-44(16-7-25-88-62(75)76)48(96)34-40(13-4-22-85-59(69)70)55(103)93-45(17-8-26-89-63(77)78)49(97)35-41(14-5-23-86-60(71)72)56(104)94-46(18-9-27-90-64(79)80)50(98)36-42(15-6-24-87-61(73)74)57(105)95-47(19-10-28-91-65(81)82)51(99)37-43(38-108)53(101)83-29-31-107-33-32-106-30-11-20-52(66)100/h39-47,108H,2-38H2,1H3,(H2,66,100)(H,83,101)(H,92,102)(H,93,103)(H,94,104)(H,95,105)(H4,67,68,84)(H4,69,70,85)(H4,71,72,86)(H4,73,74,87)(H4,75,76,88)(H4,77,78,89)(H4,79,80,90)(H4,81,82,91)/t39-,40+,41+,42+,43-,44-,45-,46-,47-/m1/s1. The normalized spacial score (nSPS) is 13.4. The molecule has 0 saturated heterocycles. The number of guanidine groups is 8. The minimum Gasteiger partial charge on any atom is -0.379 e. The molecule has 0 bridgehead atoms. The third kappa shape index (κ3) is 50.4. The molecule has 6 amide bonds. The number of nitrogens with two attached hydrogens (primary N) is 17. The lowest BCUT2D eigenvalue weighted by Crippen LogP contribution is -2.49. The number of Topliss-reactive ketones (excluding diaryl/α,β-unsaturated/α-hetero) is 4. The number of carbonyl (C=O) groups is 10. The summed E-state index contributed by atoms with van der Waals surface area (Å²) in [5.41, 5.74) is 95.0. The Hall–Kier alpha value is -10.1. The molecule has 0 aliphatic heterocycles. The second kappa shape index (κ2) is 59.0. The number of amides is 6. The van der Waals surface area contributed by atoms with Gasteiger partial charge in [0.2, 0.25) is 35.4 Å². The van der Waals surface area contributed by atoms with E-state index in [1.807, 2.05) is 6.92 Å². The zero-order chi connectivity index (χ0) is 81.4. The molecule has 0 rings (SSSR count). The van der Waals surface area contributed by atoms with E-state index in [0.29, 0.717) is 32.3 Å². The van der Waals surface area contributed by atoms with Gasteiger partial charge in [-0.15, -0.1) is 0 Å². The third-order valence-electron chi connectivity index (χ3n) is 16.6. The highest BCUT2D eigenvalue weighted by molar-refractivity contribution is 7.80. The lowest BCUT2D eigenvalue weighted by molar-refractivity contribution is -0.136. The second-order valence-corrected chi connectivity index (χ2v) is 26.0. The zero-order valence-electron chi connectivity index (χ0n) is 62.6. The van der Waals surface area contributed by atoms with Crippen molar-refractivity contribution in [3.63, 3.8) is 0 Å². The van der Waals surface area contributed by atoms with Gasteiger partial charge in [0.15, 0.2) is 70.8 Å². The van der Waals surface area contributed by atoms with Gasteiger partial charge in [-0.2, -0.15) is 12.6 Å². The second-order valence-electron chi connectivity index (χ2n) is 25.7. The summed E-state index contributed by atoms with van der Waals surface area (Å²) < 4.78 is 10.9. The van der Waals surface area contributed by atoms with Crippen LogP contribution in [0.15, 0.2) is 39.9 Å². The van der Waals surface area contributed by atoms with Gasteiger partial charge in [-0.05, 0) is 116 Å². The van der Waals surface area contributed by atoms with Gasteiger partial charge in [-0.3, -0.25) is 87.9 Å². The van der Waals surface area contributed by atoms with Crippen molar-refractivity contribution in [3.8, 4) is 0 Å².